The summed E-state index contributed by atoms with van der Waals surface area (Å²) in [6, 6.07) is 7.98. The van der Waals surface area contributed by atoms with Gasteiger partial charge in [0.25, 0.3) is 0 Å². The maximum atomic E-state index is 12.3. The van der Waals surface area contributed by atoms with Crippen molar-refractivity contribution in [1.29, 1.82) is 0 Å². The van der Waals surface area contributed by atoms with Gasteiger partial charge in [0.2, 0.25) is 0 Å². The highest BCUT2D eigenvalue weighted by Gasteiger charge is 2.21. The molecule has 2 aromatic heterocycles. The van der Waals surface area contributed by atoms with Crippen LogP contribution >= 0.6 is 0 Å². The Morgan fingerprint density at radius 2 is 1.97 bits per heavy atom. The zero-order valence-electron chi connectivity index (χ0n) is 20.9. The van der Waals surface area contributed by atoms with E-state index in [0.717, 1.165) is 61.2 Å². The van der Waals surface area contributed by atoms with Gasteiger partial charge in [0, 0.05) is 30.3 Å². The van der Waals surface area contributed by atoms with Gasteiger partial charge in [-0.2, -0.15) is 5.10 Å². The van der Waals surface area contributed by atoms with Gasteiger partial charge in [-0.25, -0.2) is 14.3 Å². The minimum atomic E-state index is -0.600. The first-order chi connectivity index (χ1) is 16.6. The van der Waals surface area contributed by atoms with Crippen LogP contribution in [0.15, 0.2) is 30.6 Å². The van der Waals surface area contributed by atoms with E-state index in [2.05, 4.69) is 26.4 Å². The molecule has 1 amide bonds. The van der Waals surface area contributed by atoms with Crippen LogP contribution in [0.5, 0.6) is 5.75 Å². The predicted molar refractivity (Wildman–Crippen MR) is 137 cm³/mol. The van der Waals surface area contributed by atoms with Crippen LogP contribution in [-0.4, -0.2) is 64.0 Å². The number of rotatable bonds is 6. The number of fused-ring (bicyclic) bond motifs is 1. The first-order valence-corrected chi connectivity index (χ1v) is 11.9. The molecule has 1 fully saturated rings. The van der Waals surface area contributed by atoms with E-state index in [-0.39, 0.29) is 0 Å². The van der Waals surface area contributed by atoms with E-state index in [4.69, 9.17) is 20.9 Å². The number of carbonyl (C=O) groups excluding carboxylic acids is 1. The zero-order chi connectivity index (χ0) is 25.2. The fourth-order valence-electron chi connectivity index (χ4n) is 4.36. The highest BCUT2D eigenvalue weighted by atomic mass is 16.6. The number of likely N-dealkylation sites (tertiary alicyclic amines) is 1. The summed E-state index contributed by atoms with van der Waals surface area (Å²) < 4.78 is 12.8. The molecule has 0 radical (unpaired) electrons. The van der Waals surface area contributed by atoms with Crippen molar-refractivity contribution in [2.75, 3.05) is 37.8 Å². The number of amides is 1. The molecule has 0 aliphatic carbocycles. The van der Waals surface area contributed by atoms with E-state index in [1.165, 1.54) is 6.33 Å². The van der Waals surface area contributed by atoms with Gasteiger partial charge in [-0.05, 0) is 70.5 Å². The summed E-state index contributed by atoms with van der Waals surface area (Å²) in [6.07, 6.45) is 3.81. The Balaban J connectivity index is 1.62. The first-order valence-electron chi connectivity index (χ1n) is 11.9. The van der Waals surface area contributed by atoms with Gasteiger partial charge < -0.3 is 25.8 Å². The third kappa shape index (κ3) is 5.83. The minimum absolute atomic E-state index is 0.308. The smallest absolute Gasteiger partial charge is 0.412 e. The van der Waals surface area contributed by atoms with Crippen LogP contribution in [0.25, 0.3) is 16.6 Å². The third-order valence-electron chi connectivity index (χ3n) is 6.12. The van der Waals surface area contributed by atoms with Gasteiger partial charge in [-0.15, -0.1) is 0 Å². The Morgan fingerprint density at radius 1 is 1.23 bits per heavy atom. The highest BCUT2D eigenvalue weighted by Crippen LogP contribution is 2.36. The molecule has 10 heteroatoms. The van der Waals surface area contributed by atoms with E-state index in [0.29, 0.717) is 23.3 Å². The van der Waals surface area contributed by atoms with Gasteiger partial charge in [0.15, 0.2) is 5.82 Å². The number of methoxy groups -OCH3 is 1. The number of nitrogens with zero attached hydrogens (tertiary/aromatic N) is 4. The van der Waals surface area contributed by atoms with Gasteiger partial charge in [-0.3, -0.25) is 5.32 Å². The predicted octanol–water partition coefficient (Wildman–Crippen LogP) is 3.30. The Labute approximate surface area is 205 Å². The summed E-state index contributed by atoms with van der Waals surface area (Å²) in [5, 5.41) is 7.23. The fourth-order valence-corrected chi connectivity index (χ4v) is 4.36. The van der Waals surface area contributed by atoms with E-state index in [1.54, 1.807) is 13.2 Å². The maximum absolute atomic E-state index is 12.3. The lowest BCUT2D eigenvalue weighted by molar-refractivity contribution is 0.0635. The normalized spacial score (nSPS) is 15.3. The number of nitrogens with one attached hydrogen (secondary N) is 1. The molecule has 1 aliphatic rings. The van der Waals surface area contributed by atoms with Crippen molar-refractivity contribution in [2.24, 2.45) is 5.73 Å². The summed E-state index contributed by atoms with van der Waals surface area (Å²) in [5.41, 5.74) is 15.8. The number of piperidine rings is 1. The first kappa shape index (κ1) is 24.7. The van der Waals surface area contributed by atoms with Crippen LogP contribution in [-0.2, 0) is 11.2 Å². The second-order valence-electron chi connectivity index (χ2n) is 9.93. The molecule has 3 aromatic rings. The highest BCUT2D eigenvalue weighted by molar-refractivity contribution is 5.92. The third-order valence-corrected chi connectivity index (χ3v) is 6.12. The molecule has 3 heterocycles. The maximum Gasteiger partial charge on any atom is 0.412 e. The van der Waals surface area contributed by atoms with Crippen LogP contribution < -0.4 is 21.5 Å². The van der Waals surface area contributed by atoms with Gasteiger partial charge in [0.05, 0.1) is 12.8 Å². The second kappa shape index (κ2) is 10.1. The average Bonchev–Trinajstić information content (AvgIpc) is 3.18. The largest absolute Gasteiger partial charge is 0.495 e. The lowest BCUT2D eigenvalue weighted by Gasteiger charge is -2.29. The van der Waals surface area contributed by atoms with Crippen LogP contribution in [0.1, 0.15) is 39.3 Å². The Bertz CT molecular complexity index is 1190. The van der Waals surface area contributed by atoms with E-state index in [1.807, 2.05) is 37.4 Å². The van der Waals surface area contributed by atoms with Crippen molar-refractivity contribution in [3.63, 3.8) is 0 Å². The number of ether oxygens (including phenoxy) is 2. The molecule has 10 nitrogen and oxygen atoms in total. The monoisotopic (exact) mass is 481 g/mol. The number of hydrogen-bond acceptors (Lipinski definition) is 8. The van der Waals surface area contributed by atoms with Gasteiger partial charge in [-0.1, -0.05) is 6.07 Å². The van der Waals surface area contributed by atoms with Gasteiger partial charge in [0.1, 0.15) is 23.2 Å². The lowest BCUT2D eigenvalue weighted by atomic mass is 10.0. The van der Waals surface area contributed by atoms with Crippen molar-refractivity contribution in [2.45, 2.75) is 51.7 Å². The van der Waals surface area contributed by atoms with E-state index >= 15 is 0 Å². The van der Waals surface area contributed by atoms with Crippen LogP contribution in [0.4, 0.5) is 16.3 Å². The standard InChI is InChI=1S/C25H35N7O3/c1-25(2,3)35-24(33)30-20-6-5-16(13-21(20)34-4)19-14-18(32-22(19)23(27)28-15-29-32)9-12-31-10-7-17(26)8-11-31/h5-6,13-15,17H,7-12,26H2,1-4H3,(H,30,33)(H2,27,28,29). The minimum Gasteiger partial charge on any atom is -0.495 e. The number of aromatic nitrogens is 3. The summed E-state index contributed by atoms with van der Waals surface area (Å²) >= 11 is 0. The van der Waals surface area contributed by atoms with E-state index in [9.17, 15) is 4.79 Å². The Morgan fingerprint density at radius 3 is 2.66 bits per heavy atom. The molecule has 4 rings (SSSR count). The molecule has 0 atom stereocenters. The quantitative estimate of drug-likeness (QED) is 0.488. The SMILES string of the molecule is COc1cc(-c2cc(CCN3CCC(N)CC3)n3ncnc(N)c23)ccc1NC(=O)OC(C)(C)C. The summed E-state index contributed by atoms with van der Waals surface area (Å²) in [6.45, 7) is 8.39. The number of anilines is 2. The van der Waals surface area contributed by atoms with Crippen LogP contribution in [0, 0.1) is 0 Å². The summed E-state index contributed by atoms with van der Waals surface area (Å²) in [5.74, 6) is 0.912. The topological polar surface area (TPSA) is 133 Å². The second-order valence-corrected chi connectivity index (χ2v) is 9.93. The van der Waals surface area contributed by atoms with Crippen LogP contribution in [0.2, 0.25) is 0 Å². The molecule has 188 valence electrons. The Hall–Kier alpha value is -3.37. The van der Waals surface area contributed by atoms with Crippen molar-refractivity contribution >= 4 is 23.1 Å². The van der Waals surface area contributed by atoms with Gasteiger partial charge >= 0.3 is 6.09 Å². The lowest BCUT2D eigenvalue weighted by Crippen LogP contribution is -2.40. The summed E-state index contributed by atoms with van der Waals surface area (Å²) in [7, 11) is 1.56. The number of nitrogen functional groups attached to an aromatic ring is 1. The molecule has 1 saturated heterocycles. The average molecular weight is 482 g/mol. The molecule has 0 bridgehead atoms. The molecule has 35 heavy (non-hydrogen) atoms. The molecule has 1 aromatic carbocycles. The number of benzene rings is 1. The van der Waals surface area contributed by atoms with Crippen molar-refractivity contribution < 1.29 is 14.3 Å². The molecule has 0 saturated carbocycles. The van der Waals surface area contributed by atoms with Crippen LogP contribution in [0.3, 0.4) is 0 Å². The molecular formula is C25H35N7O3. The molecule has 0 unspecified atom stereocenters. The zero-order valence-corrected chi connectivity index (χ0v) is 20.9. The molecule has 5 N–H and O–H groups in total. The number of nitrogens with two attached hydrogens (primary N) is 2. The summed E-state index contributed by atoms with van der Waals surface area (Å²) in [4.78, 5) is 18.9. The molecule has 0 spiro atoms. The van der Waals surface area contributed by atoms with Crippen molar-refractivity contribution in [3.05, 3.63) is 36.3 Å². The number of carbonyl (C=O) groups is 1. The molecular weight excluding hydrogens is 446 g/mol. The van der Waals surface area contributed by atoms with Crippen molar-refractivity contribution in [3.8, 4) is 16.9 Å². The number of hydrogen-bond donors (Lipinski definition) is 3. The van der Waals surface area contributed by atoms with Crippen molar-refractivity contribution in [1.82, 2.24) is 19.5 Å². The van der Waals surface area contributed by atoms with E-state index < -0.39 is 11.7 Å². The Kier molecular flexibility index (Phi) is 7.13. The fraction of sp³-hybridized carbons (Fsp3) is 0.480. The molecule has 1 aliphatic heterocycles.